The molecule has 0 aromatic carbocycles. The number of carbonyl (C=O) groups excluding carboxylic acids is 1. The summed E-state index contributed by atoms with van der Waals surface area (Å²) in [6.07, 6.45) is 0.671. The average molecular weight is 323 g/mol. The first-order chi connectivity index (χ1) is 10.7. The van der Waals surface area contributed by atoms with Crippen molar-refractivity contribution in [2.24, 2.45) is 5.92 Å². The molecule has 2 aliphatic rings. The van der Waals surface area contributed by atoms with E-state index >= 15 is 0 Å². The van der Waals surface area contributed by atoms with Gasteiger partial charge in [0.05, 0.1) is 17.9 Å². The van der Waals surface area contributed by atoms with Crippen LogP contribution in [0.4, 0.5) is 4.79 Å². The van der Waals surface area contributed by atoms with Gasteiger partial charge in [0.1, 0.15) is 5.60 Å². The molecule has 3 heterocycles. The highest BCUT2D eigenvalue weighted by Crippen LogP contribution is 2.46. The van der Waals surface area contributed by atoms with Crippen molar-refractivity contribution in [2.75, 3.05) is 13.1 Å². The van der Waals surface area contributed by atoms with E-state index in [1.807, 2.05) is 20.8 Å². The second-order valence-corrected chi connectivity index (χ2v) is 7.20. The predicted molar refractivity (Wildman–Crippen MR) is 77.7 cm³/mol. The third kappa shape index (κ3) is 2.64. The second-order valence-electron chi connectivity index (χ2n) is 7.20. The fourth-order valence-electron chi connectivity index (χ4n) is 3.49. The molecule has 0 aliphatic carbocycles. The molecule has 9 heteroatoms. The van der Waals surface area contributed by atoms with Crippen LogP contribution in [0.3, 0.4) is 0 Å². The van der Waals surface area contributed by atoms with Crippen LogP contribution in [0.15, 0.2) is 0 Å². The van der Waals surface area contributed by atoms with Gasteiger partial charge in [-0.25, -0.2) is 9.48 Å². The summed E-state index contributed by atoms with van der Waals surface area (Å²) in [7, 11) is 0. The van der Waals surface area contributed by atoms with Crippen molar-refractivity contribution in [2.45, 2.75) is 51.2 Å². The van der Waals surface area contributed by atoms with Gasteiger partial charge >= 0.3 is 12.1 Å². The van der Waals surface area contributed by atoms with Gasteiger partial charge in [0.25, 0.3) is 0 Å². The van der Waals surface area contributed by atoms with Crippen LogP contribution in [0.5, 0.6) is 0 Å². The molecule has 0 radical (unpaired) electrons. The summed E-state index contributed by atoms with van der Waals surface area (Å²) in [5, 5.41) is 21.1. The lowest BCUT2D eigenvalue weighted by atomic mass is 9.70. The highest BCUT2D eigenvalue weighted by Gasteiger charge is 2.55. The molecule has 9 nitrogen and oxygen atoms in total. The maximum atomic E-state index is 12.2. The molecule has 1 spiro atoms. The standard InChI is InChI=1S/C14H21N5O4/c1-13(2,3)23-12(22)18-6-4-14(5-7-18)9(10(20)21)8-19-11(14)15-16-17-19/h9H,4-8H2,1-3H3,(H,20,21)/t9-/m1/s1. The Morgan fingerprint density at radius 1 is 1.30 bits per heavy atom. The molecule has 126 valence electrons. The van der Waals surface area contributed by atoms with Crippen molar-refractivity contribution in [3.8, 4) is 0 Å². The normalized spacial score (nSPS) is 22.9. The topological polar surface area (TPSA) is 110 Å². The first-order valence-corrected chi connectivity index (χ1v) is 7.70. The number of carboxylic acids is 1. The largest absolute Gasteiger partial charge is 0.481 e. The molecule has 1 N–H and O–H groups in total. The Balaban J connectivity index is 1.76. The minimum Gasteiger partial charge on any atom is -0.481 e. The maximum absolute atomic E-state index is 12.2. The number of carbonyl (C=O) groups is 2. The Hall–Kier alpha value is -2.19. The van der Waals surface area contributed by atoms with E-state index in [2.05, 4.69) is 15.5 Å². The Kier molecular flexibility index (Phi) is 3.53. The number of hydrogen-bond donors (Lipinski definition) is 1. The predicted octanol–water partition coefficient (Wildman–Crippen LogP) is 0.656. The van der Waals surface area contributed by atoms with Gasteiger partial charge in [-0.3, -0.25) is 4.79 Å². The molecule has 1 aromatic rings. The highest BCUT2D eigenvalue weighted by atomic mass is 16.6. The second kappa shape index (κ2) is 5.17. The molecule has 0 bridgehead atoms. The van der Waals surface area contributed by atoms with Gasteiger partial charge in [-0.15, -0.1) is 5.10 Å². The van der Waals surface area contributed by atoms with Gasteiger partial charge < -0.3 is 14.7 Å². The number of hydrogen-bond acceptors (Lipinski definition) is 6. The van der Waals surface area contributed by atoms with Gasteiger partial charge in [-0.05, 0) is 44.0 Å². The quantitative estimate of drug-likeness (QED) is 0.808. The molecule has 0 saturated carbocycles. The summed E-state index contributed by atoms with van der Waals surface area (Å²) < 4.78 is 6.95. The summed E-state index contributed by atoms with van der Waals surface area (Å²) in [5.41, 5.74) is -1.15. The van der Waals surface area contributed by atoms with E-state index in [0.29, 0.717) is 31.8 Å². The zero-order valence-electron chi connectivity index (χ0n) is 13.5. The van der Waals surface area contributed by atoms with Crippen molar-refractivity contribution in [1.29, 1.82) is 0 Å². The third-order valence-corrected chi connectivity index (χ3v) is 4.61. The summed E-state index contributed by atoms with van der Waals surface area (Å²) in [6.45, 7) is 6.62. The van der Waals surface area contributed by atoms with E-state index in [1.165, 1.54) is 0 Å². The Labute approximate surface area is 133 Å². The van der Waals surface area contributed by atoms with E-state index in [9.17, 15) is 14.7 Å². The molecule has 1 fully saturated rings. The zero-order valence-corrected chi connectivity index (χ0v) is 13.5. The van der Waals surface area contributed by atoms with Gasteiger partial charge in [-0.2, -0.15) is 0 Å². The zero-order chi connectivity index (χ0) is 16.8. The summed E-state index contributed by atoms with van der Waals surface area (Å²) >= 11 is 0. The smallest absolute Gasteiger partial charge is 0.410 e. The van der Waals surface area contributed by atoms with E-state index in [-0.39, 0.29) is 12.6 Å². The Morgan fingerprint density at radius 2 is 1.96 bits per heavy atom. The van der Waals surface area contributed by atoms with Crippen LogP contribution in [-0.2, 0) is 21.5 Å². The van der Waals surface area contributed by atoms with E-state index in [4.69, 9.17) is 4.74 Å². The molecular weight excluding hydrogens is 302 g/mol. The van der Waals surface area contributed by atoms with Crippen molar-refractivity contribution in [1.82, 2.24) is 25.1 Å². The van der Waals surface area contributed by atoms with Crippen LogP contribution in [0.2, 0.25) is 0 Å². The van der Waals surface area contributed by atoms with Crippen LogP contribution >= 0.6 is 0 Å². The fourth-order valence-corrected chi connectivity index (χ4v) is 3.49. The van der Waals surface area contributed by atoms with Crippen LogP contribution in [0.25, 0.3) is 0 Å². The number of aliphatic carboxylic acids is 1. The number of amides is 1. The minimum absolute atomic E-state index is 0.282. The summed E-state index contributed by atoms with van der Waals surface area (Å²) in [6, 6.07) is 0. The van der Waals surface area contributed by atoms with Crippen LogP contribution in [-0.4, -0.2) is 61.0 Å². The van der Waals surface area contributed by atoms with E-state index in [1.54, 1.807) is 9.58 Å². The third-order valence-electron chi connectivity index (χ3n) is 4.61. The average Bonchev–Trinajstić information content (AvgIpc) is 3.00. The number of piperidine rings is 1. The first kappa shape index (κ1) is 15.7. The van der Waals surface area contributed by atoms with Crippen molar-refractivity contribution < 1.29 is 19.4 Å². The summed E-state index contributed by atoms with van der Waals surface area (Å²) in [4.78, 5) is 25.4. The van der Waals surface area contributed by atoms with Crippen molar-refractivity contribution in [3.05, 3.63) is 5.82 Å². The number of carboxylic acid groups (broad SMARTS) is 1. The number of tetrazole rings is 1. The van der Waals surface area contributed by atoms with Crippen LogP contribution in [0, 0.1) is 5.92 Å². The molecule has 1 amide bonds. The lowest BCUT2D eigenvalue weighted by Gasteiger charge is -2.40. The highest BCUT2D eigenvalue weighted by molar-refractivity contribution is 5.73. The van der Waals surface area contributed by atoms with Gasteiger partial charge in [0, 0.05) is 13.1 Å². The van der Waals surface area contributed by atoms with Gasteiger partial charge in [0.2, 0.25) is 0 Å². The number of rotatable bonds is 1. The maximum Gasteiger partial charge on any atom is 0.410 e. The molecule has 3 rings (SSSR count). The monoisotopic (exact) mass is 323 g/mol. The molecule has 0 unspecified atom stereocenters. The lowest BCUT2D eigenvalue weighted by Crippen LogP contribution is -2.50. The molecule has 1 saturated heterocycles. The van der Waals surface area contributed by atoms with Crippen LogP contribution < -0.4 is 0 Å². The van der Waals surface area contributed by atoms with Gasteiger partial charge in [-0.1, -0.05) is 0 Å². The molecule has 1 aromatic heterocycles. The van der Waals surface area contributed by atoms with E-state index in [0.717, 1.165) is 0 Å². The number of nitrogens with zero attached hydrogens (tertiary/aromatic N) is 5. The van der Waals surface area contributed by atoms with Crippen molar-refractivity contribution >= 4 is 12.1 Å². The summed E-state index contributed by atoms with van der Waals surface area (Å²) in [5.74, 6) is -0.821. The lowest BCUT2D eigenvalue weighted by molar-refractivity contribution is -0.145. The minimum atomic E-state index is -0.858. The number of likely N-dealkylation sites (tertiary alicyclic amines) is 1. The molecule has 2 aliphatic heterocycles. The van der Waals surface area contributed by atoms with Gasteiger partial charge in [0.15, 0.2) is 5.82 Å². The molecule has 23 heavy (non-hydrogen) atoms. The first-order valence-electron chi connectivity index (χ1n) is 7.70. The van der Waals surface area contributed by atoms with Crippen molar-refractivity contribution in [3.63, 3.8) is 0 Å². The SMILES string of the molecule is CC(C)(C)OC(=O)N1CCC2(CC1)c1nnnn1C[C@@H]2C(=O)O. The molecule has 1 atom stereocenters. The number of aromatic nitrogens is 4. The van der Waals surface area contributed by atoms with Crippen LogP contribution in [0.1, 0.15) is 39.4 Å². The Bertz CT molecular complexity index is 627. The molecular formula is C14H21N5O4. The number of fused-ring (bicyclic) bond motifs is 2. The van der Waals surface area contributed by atoms with E-state index < -0.39 is 22.9 Å². The fraction of sp³-hybridized carbons (Fsp3) is 0.786. The number of ether oxygens (including phenoxy) is 1. The Morgan fingerprint density at radius 3 is 2.52 bits per heavy atom.